The molecular weight excluding hydrogens is 472 g/mol. The molecule has 0 aliphatic carbocycles. The smallest absolute Gasteiger partial charge is 0.0991 e. The summed E-state index contributed by atoms with van der Waals surface area (Å²) in [6.45, 7) is 0. The van der Waals surface area contributed by atoms with Gasteiger partial charge >= 0.3 is 0 Å². The molecule has 7 aromatic carbocycles. The Balaban J connectivity index is 1.45. The van der Waals surface area contributed by atoms with Gasteiger partial charge < -0.3 is 4.40 Å². The first-order chi connectivity index (χ1) is 19.2. The van der Waals surface area contributed by atoms with Gasteiger partial charge in [-0.25, -0.2) is 0 Å². The fourth-order valence-electron chi connectivity index (χ4n) is 6.58. The van der Waals surface area contributed by atoms with E-state index in [9.17, 15) is 5.26 Å². The molecule has 0 bridgehead atoms. The molecule has 178 valence electrons. The van der Waals surface area contributed by atoms with Crippen LogP contribution in [0.3, 0.4) is 0 Å². The van der Waals surface area contributed by atoms with Crippen molar-refractivity contribution in [2.24, 2.45) is 0 Å². The van der Waals surface area contributed by atoms with Crippen molar-refractivity contribution in [1.82, 2.24) is 4.40 Å². The molecule has 2 nitrogen and oxygen atoms in total. The van der Waals surface area contributed by atoms with E-state index in [1.165, 1.54) is 70.8 Å². The van der Waals surface area contributed by atoms with E-state index >= 15 is 0 Å². The lowest BCUT2D eigenvalue weighted by molar-refractivity contribution is 1.38. The number of fused-ring (bicyclic) bond motifs is 9. The van der Waals surface area contributed by atoms with Gasteiger partial charge in [0.05, 0.1) is 28.2 Å². The maximum atomic E-state index is 9.32. The third-order valence-electron chi connectivity index (χ3n) is 8.43. The number of benzene rings is 7. The quantitative estimate of drug-likeness (QED) is 0.224. The Morgan fingerprint density at radius 1 is 0.436 bits per heavy atom. The van der Waals surface area contributed by atoms with Crippen molar-refractivity contribution in [2.45, 2.75) is 0 Å². The van der Waals surface area contributed by atoms with E-state index < -0.39 is 0 Å². The Morgan fingerprint density at radius 2 is 0.949 bits per heavy atom. The molecule has 2 heterocycles. The molecule has 0 unspecified atom stereocenters. The molecular formula is C37H20N2. The lowest BCUT2D eigenvalue weighted by atomic mass is 9.96. The highest BCUT2D eigenvalue weighted by molar-refractivity contribution is 6.27. The van der Waals surface area contributed by atoms with Crippen molar-refractivity contribution in [3.8, 4) is 17.2 Å². The Kier molecular flexibility index (Phi) is 3.89. The van der Waals surface area contributed by atoms with Crippen molar-refractivity contribution in [2.75, 3.05) is 0 Å². The maximum absolute atomic E-state index is 9.32. The third kappa shape index (κ3) is 2.79. The van der Waals surface area contributed by atoms with Gasteiger partial charge in [-0.3, -0.25) is 0 Å². The topological polar surface area (TPSA) is 28.2 Å². The molecule has 0 fully saturated rings. The van der Waals surface area contributed by atoms with E-state index in [1.54, 1.807) is 0 Å². The monoisotopic (exact) mass is 492 g/mol. The lowest BCUT2D eigenvalue weighted by Gasteiger charge is -2.07. The van der Waals surface area contributed by atoms with Gasteiger partial charge in [-0.1, -0.05) is 66.7 Å². The maximum Gasteiger partial charge on any atom is 0.0991 e. The molecule has 0 aliphatic rings. The average molecular weight is 493 g/mol. The predicted molar refractivity (Wildman–Crippen MR) is 164 cm³/mol. The van der Waals surface area contributed by atoms with Gasteiger partial charge in [-0.05, 0) is 98.0 Å². The van der Waals surface area contributed by atoms with E-state index in [1.807, 2.05) is 18.2 Å². The summed E-state index contributed by atoms with van der Waals surface area (Å²) in [6.07, 6.45) is 0. The second-order valence-electron chi connectivity index (χ2n) is 10.6. The van der Waals surface area contributed by atoms with Gasteiger partial charge in [-0.15, -0.1) is 0 Å². The molecule has 9 rings (SSSR count). The zero-order valence-electron chi connectivity index (χ0n) is 20.9. The molecule has 0 saturated carbocycles. The fraction of sp³-hybridized carbons (Fsp3) is 0. The van der Waals surface area contributed by atoms with Crippen LogP contribution in [0.1, 0.15) is 5.56 Å². The second kappa shape index (κ2) is 7.34. The fourth-order valence-corrected chi connectivity index (χ4v) is 6.58. The second-order valence-corrected chi connectivity index (χ2v) is 10.6. The SMILES string of the molecule is N#Cc1ccc2cc(-c3cc4c5cc6ccccc6cc5n5c6cc7ccccc7cc6c(c3)c45)ccc2c1. The van der Waals surface area contributed by atoms with E-state index in [-0.39, 0.29) is 0 Å². The molecule has 0 amide bonds. The van der Waals surface area contributed by atoms with E-state index in [0.717, 1.165) is 10.8 Å². The third-order valence-corrected chi connectivity index (χ3v) is 8.43. The van der Waals surface area contributed by atoms with Crippen LogP contribution in [-0.4, -0.2) is 4.40 Å². The average Bonchev–Trinajstić information content (AvgIpc) is 3.48. The molecule has 2 aromatic heterocycles. The van der Waals surface area contributed by atoms with E-state index in [4.69, 9.17) is 0 Å². The van der Waals surface area contributed by atoms with Gasteiger partial charge in [0.15, 0.2) is 0 Å². The van der Waals surface area contributed by atoms with Gasteiger partial charge in [0.25, 0.3) is 0 Å². The van der Waals surface area contributed by atoms with Crippen molar-refractivity contribution in [1.29, 1.82) is 5.26 Å². The molecule has 0 aliphatic heterocycles. The van der Waals surface area contributed by atoms with Crippen LogP contribution in [-0.2, 0) is 0 Å². The summed E-state index contributed by atoms with van der Waals surface area (Å²) in [7, 11) is 0. The highest BCUT2D eigenvalue weighted by atomic mass is 14.9. The van der Waals surface area contributed by atoms with Crippen LogP contribution < -0.4 is 0 Å². The number of rotatable bonds is 1. The highest BCUT2D eigenvalue weighted by Gasteiger charge is 2.20. The summed E-state index contributed by atoms with van der Waals surface area (Å²) in [4.78, 5) is 0. The van der Waals surface area contributed by atoms with Crippen LogP contribution in [0.15, 0.2) is 121 Å². The molecule has 0 atom stereocenters. The number of nitrogens with zero attached hydrogens (tertiary/aromatic N) is 2. The Morgan fingerprint density at radius 3 is 1.54 bits per heavy atom. The van der Waals surface area contributed by atoms with Crippen molar-refractivity contribution in [3.05, 3.63) is 127 Å². The van der Waals surface area contributed by atoms with Gasteiger partial charge in [-0.2, -0.15) is 5.26 Å². The molecule has 0 N–H and O–H groups in total. The van der Waals surface area contributed by atoms with Crippen molar-refractivity contribution < 1.29 is 0 Å². The summed E-state index contributed by atoms with van der Waals surface area (Å²) >= 11 is 0. The predicted octanol–water partition coefficient (Wildman–Crippen LogP) is 9.83. The van der Waals surface area contributed by atoms with Crippen molar-refractivity contribution >= 4 is 70.4 Å². The van der Waals surface area contributed by atoms with Crippen LogP contribution >= 0.6 is 0 Å². The van der Waals surface area contributed by atoms with Gasteiger partial charge in [0.1, 0.15) is 0 Å². The first-order valence-corrected chi connectivity index (χ1v) is 13.2. The Bertz CT molecular complexity index is 2380. The molecule has 2 heteroatoms. The lowest BCUT2D eigenvalue weighted by Crippen LogP contribution is -1.82. The van der Waals surface area contributed by atoms with E-state index in [0.29, 0.717) is 5.56 Å². The minimum absolute atomic E-state index is 0.689. The van der Waals surface area contributed by atoms with Crippen LogP contribution in [0.4, 0.5) is 0 Å². The minimum Gasteiger partial charge on any atom is -0.308 e. The van der Waals surface area contributed by atoms with Gasteiger partial charge in [0, 0.05) is 21.5 Å². The molecule has 0 saturated heterocycles. The van der Waals surface area contributed by atoms with Crippen LogP contribution in [0.5, 0.6) is 0 Å². The summed E-state index contributed by atoms with van der Waals surface area (Å²) in [5, 5.41) is 21.7. The summed E-state index contributed by atoms with van der Waals surface area (Å²) in [5.74, 6) is 0. The van der Waals surface area contributed by atoms with E-state index in [2.05, 4.69) is 114 Å². The van der Waals surface area contributed by atoms with Crippen molar-refractivity contribution in [3.63, 3.8) is 0 Å². The molecule has 39 heavy (non-hydrogen) atoms. The molecule has 9 aromatic rings. The Hall–Kier alpha value is -5.39. The number of nitriles is 1. The Labute approximate surface area is 223 Å². The minimum atomic E-state index is 0.689. The molecule has 0 radical (unpaired) electrons. The largest absolute Gasteiger partial charge is 0.308 e. The van der Waals surface area contributed by atoms with Crippen LogP contribution in [0.2, 0.25) is 0 Å². The number of hydrogen-bond donors (Lipinski definition) is 0. The normalized spacial score (nSPS) is 12.1. The standard InChI is InChI=1S/C37H20N2/c38-21-22-9-10-28-14-29(12-11-27(28)13-22)30-17-33-31-15-23-5-1-3-7-25(23)19-35(31)39-36-20-26-8-4-2-6-24(26)16-32(36)34(18-30)37(33)39/h1-20H. The summed E-state index contributed by atoms with van der Waals surface area (Å²) in [6, 6.07) is 46.1. The summed E-state index contributed by atoms with van der Waals surface area (Å²) in [5.41, 5.74) is 6.86. The number of hydrogen-bond acceptors (Lipinski definition) is 1. The van der Waals surface area contributed by atoms with Gasteiger partial charge in [0.2, 0.25) is 0 Å². The zero-order chi connectivity index (χ0) is 25.7. The number of aromatic nitrogens is 1. The van der Waals surface area contributed by atoms with Crippen LogP contribution in [0.25, 0.3) is 81.5 Å². The van der Waals surface area contributed by atoms with Crippen LogP contribution in [0, 0.1) is 11.3 Å². The molecule has 0 spiro atoms. The first kappa shape index (κ1) is 20.6. The zero-order valence-corrected chi connectivity index (χ0v) is 20.9. The highest BCUT2D eigenvalue weighted by Crippen LogP contribution is 2.43. The summed E-state index contributed by atoms with van der Waals surface area (Å²) < 4.78 is 2.47. The first-order valence-electron chi connectivity index (χ1n) is 13.2.